The van der Waals surface area contributed by atoms with Crippen molar-refractivity contribution in [2.24, 2.45) is 0 Å². The molecular weight excluding hydrogens is 388 g/mol. The lowest BCUT2D eigenvalue weighted by molar-refractivity contribution is -0.129. The summed E-state index contributed by atoms with van der Waals surface area (Å²) in [6.45, 7) is 7.63. The molecule has 0 spiro atoms. The summed E-state index contributed by atoms with van der Waals surface area (Å²) >= 11 is 0. The third-order valence-electron chi connectivity index (χ3n) is 5.38. The van der Waals surface area contributed by atoms with E-state index in [9.17, 15) is 9.59 Å². The zero-order valence-corrected chi connectivity index (χ0v) is 18.6. The fourth-order valence-electron chi connectivity index (χ4n) is 3.56. The number of carbonyl (C=O) groups excluding carboxylic acids is 2. The highest BCUT2D eigenvalue weighted by Crippen LogP contribution is 2.17. The molecule has 0 saturated carbocycles. The van der Waals surface area contributed by atoms with Crippen LogP contribution in [0.25, 0.3) is 5.69 Å². The van der Waals surface area contributed by atoms with Crippen molar-refractivity contribution >= 4 is 11.9 Å². The summed E-state index contributed by atoms with van der Waals surface area (Å²) in [5, 5.41) is 2.93. The number of ether oxygens (including phenoxy) is 1. The quantitative estimate of drug-likeness (QED) is 0.536. The Morgan fingerprint density at radius 1 is 0.903 bits per heavy atom. The highest BCUT2D eigenvalue weighted by Gasteiger charge is 2.20. The Morgan fingerprint density at radius 3 is 2.13 bits per heavy atom. The Bertz CT molecular complexity index is 1000. The van der Waals surface area contributed by atoms with E-state index in [1.807, 2.05) is 51.1 Å². The predicted octanol–water partition coefficient (Wildman–Crippen LogP) is 4.78. The van der Waals surface area contributed by atoms with Gasteiger partial charge in [-0.1, -0.05) is 30.3 Å². The molecule has 3 aromatic rings. The number of nitrogens with zero attached hydrogens (tertiary/aromatic N) is 1. The van der Waals surface area contributed by atoms with E-state index < -0.39 is 12.1 Å². The van der Waals surface area contributed by atoms with Crippen molar-refractivity contribution in [2.45, 2.75) is 52.7 Å². The van der Waals surface area contributed by atoms with Crippen LogP contribution in [-0.2, 0) is 16.0 Å². The van der Waals surface area contributed by atoms with E-state index in [2.05, 4.69) is 34.1 Å². The number of aryl methyl sites for hydroxylation is 3. The van der Waals surface area contributed by atoms with E-state index in [1.165, 1.54) is 5.56 Å². The number of aromatic nitrogens is 1. The summed E-state index contributed by atoms with van der Waals surface area (Å²) in [6, 6.07) is 21.5. The second-order valence-corrected chi connectivity index (χ2v) is 7.98. The normalized spacial score (nSPS) is 12.8. The van der Waals surface area contributed by atoms with Gasteiger partial charge in [0.2, 0.25) is 0 Å². The molecule has 2 aromatic carbocycles. The summed E-state index contributed by atoms with van der Waals surface area (Å²) in [5.41, 5.74) is 4.88. The van der Waals surface area contributed by atoms with Gasteiger partial charge >= 0.3 is 5.97 Å². The number of carbonyl (C=O) groups is 2. The van der Waals surface area contributed by atoms with E-state index in [0.717, 1.165) is 29.9 Å². The van der Waals surface area contributed by atoms with Crippen molar-refractivity contribution in [1.29, 1.82) is 0 Å². The van der Waals surface area contributed by atoms with Gasteiger partial charge in [-0.25, -0.2) is 4.79 Å². The summed E-state index contributed by atoms with van der Waals surface area (Å²) in [7, 11) is 0. The van der Waals surface area contributed by atoms with Crippen LogP contribution >= 0.6 is 0 Å². The van der Waals surface area contributed by atoms with Crippen LogP contribution in [0.3, 0.4) is 0 Å². The van der Waals surface area contributed by atoms with E-state index in [-0.39, 0.29) is 11.9 Å². The van der Waals surface area contributed by atoms with E-state index >= 15 is 0 Å². The number of hydrogen-bond acceptors (Lipinski definition) is 3. The molecule has 0 radical (unpaired) electrons. The van der Waals surface area contributed by atoms with Gasteiger partial charge in [-0.3, -0.25) is 4.79 Å². The zero-order valence-electron chi connectivity index (χ0n) is 18.6. The lowest BCUT2D eigenvalue weighted by atomic mass is 10.1. The Labute approximate surface area is 184 Å². The first kappa shape index (κ1) is 22.3. The molecule has 5 heteroatoms. The first-order chi connectivity index (χ1) is 14.8. The van der Waals surface area contributed by atoms with Crippen molar-refractivity contribution < 1.29 is 14.3 Å². The van der Waals surface area contributed by atoms with Crippen molar-refractivity contribution in [3.63, 3.8) is 0 Å². The first-order valence-corrected chi connectivity index (χ1v) is 10.7. The average molecular weight is 419 g/mol. The molecule has 1 aromatic heterocycles. The van der Waals surface area contributed by atoms with Gasteiger partial charge in [0.15, 0.2) is 6.10 Å². The van der Waals surface area contributed by atoms with Crippen molar-refractivity contribution in [3.05, 3.63) is 89.2 Å². The first-order valence-electron chi connectivity index (χ1n) is 10.7. The third-order valence-corrected chi connectivity index (χ3v) is 5.38. The fraction of sp³-hybridized carbons (Fsp3) is 0.308. The lowest BCUT2D eigenvalue weighted by Crippen LogP contribution is -2.41. The van der Waals surface area contributed by atoms with Crippen LogP contribution in [0.1, 0.15) is 47.6 Å². The SMILES string of the molecule is Cc1ccc(C)n1-c1ccc(C(=O)O[C@@H](C)C(=O)N[C@H](C)CCc2ccccc2)cc1. The molecule has 0 aliphatic carbocycles. The average Bonchev–Trinajstić information content (AvgIpc) is 3.11. The Balaban J connectivity index is 1.51. The molecule has 5 nitrogen and oxygen atoms in total. The highest BCUT2D eigenvalue weighted by atomic mass is 16.5. The smallest absolute Gasteiger partial charge is 0.338 e. The summed E-state index contributed by atoms with van der Waals surface area (Å²) in [4.78, 5) is 24.9. The molecule has 1 N–H and O–H groups in total. The van der Waals surface area contributed by atoms with Crippen molar-refractivity contribution in [1.82, 2.24) is 9.88 Å². The molecule has 0 aliphatic heterocycles. The van der Waals surface area contributed by atoms with Gasteiger partial charge in [-0.2, -0.15) is 0 Å². The van der Waals surface area contributed by atoms with Crippen molar-refractivity contribution in [3.8, 4) is 5.69 Å². The topological polar surface area (TPSA) is 60.3 Å². The van der Waals surface area contributed by atoms with Crippen LogP contribution in [-0.4, -0.2) is 28.6 Å². The molecule has 0 unspecified atom stereocenters. The summed E-state index contributed by atoms with van der Waals surface area (Å²) < 4.78 is 7.50. The van der Waals surface area contributed by atoms with Gasteiger partial charge < -0.3 is 14.6 Å². The second kappa shape index (κ2) is 10.1. The number of esters is 1. The monoisotopic (exact) mass is 418 g/mol. The van der Waals surface area contributed by atoms with Crippen LogP contribution in [0.5, 0.6) is 0 Å². The second-order valence-electron chi connectivity index (χ2n) is 7.98. The van der Waals surface area contributed by atoms with Gasteiger partial charge in [0, 0.05) is 23.1 Å². The van der Waals surface area contributed by atoms with E-state index in [4.69, 9.17) is 4.74 Å². The number of amides is 1. The molecule has 0 aliphatic rings. The number of hydrogen-bond donors (Lipinski definition) is 1. The largest absolute Gasteiger partial charge is 0.449 e. The van der Waals surface area contributed by atoms with Gasteiger partial charge in [0.05, 0.1) is 5.56 Å². The number of rotatable bonds is 8. The van der Waals surface area contributed by atoms with Crippen LogP contribution < -0.4 is 5.32 Å². The maximum Gasteiger partial charge on any atom is 0.338 e. The minimum Gasteiger partial charge on any atom is -0.449 e. The number of benzene rings is 2. The third kappa shape index (κ3) is 5.85. The molecule has 1 amide bonds. The zero-order chi connectivity index (χ0) is 22.4. The lowest BCUT2D eigenvalue weighted by Gasteiger charge is -2.18. The standard InChI is InChI=1S/C26H30N2O3/c1-18(10-13-22-8-6-5-7-9-22)27-25(29)21(4)31-26(30)23-14-16-24(17-15-23)28-19(2)11-12-20(28)3/h5-9,11-12,14-18,21H,10,13H2,1-4H3,(H,27,29)/t18-,21+/m1/s1. The molecule has 3 rings (SSSR count). The molecule has 1 heterocycles. The maximum atomic E-state index is 12.5. The molecule has 0 bridgehead atoms. The highest BCUT2D eigenvalue weighted by molar-refractivity contribution is 5.92. The van der Waals surface area contributed by atoms with E-state index in [0.29, 0.717) is 5.56 Å². The van der Waals surface area contributed by atoms with E-state index in [1.54, 1.807) is 19.1 Å². The van der Waals surface area contributed by atoms with Crippen molar-refractivity contribution in [2.75, 3.05) is 0 Å². The van der Waals surface area contributed by atoms with Crippen LogP contribution in [0, 0.1) is 13.8 Å². The van der Waals surface area contributed by atoms with Gasteiger partial charge in [0.25, 0.3) is 5.91 Å². The molecule has 2 atom stereocenters. The summed E-state index contributed by atoms with van der Waals surface area (Å²) in [6.07, 6.45) is 0.833. The Kier molecular flexibility index (Phi) is 7.29. The predicted molar refractivity (Wildman–Crippen MR) is 122 cm³/mol. The van der Waals surface area contributed by atoms with Crippen LogP contribution in [0.2, 0.25) is 0 Å². The minimum absolute atomic E-state index is 0.0128. The summed E-state index contributed by atoms with van der Waals surface area (Å²) in [5.74, 6) is -0.795. The van der Waals surface area contributed by atoms with Crippen LogP contribution in [0.4, 0.5) is 0 Å². The molecule has 0 fully saturated rings. The number of nitrogens with one attached hydrogen (secondary N) is 1. The maximum absolute atomic E-state index is 12.5. The van der Waals surface area contributed by atoms with Gasteiger partial charge in [0.1, 0.15) is 0 Å². The Morgan fingerprint density at radius 2 is 1.52 bits per heavy atom. The Hall–Kier alpha value is -3.34. The molecule has 31 heavy (non-hydrogen) atoms. The molecular formula is C26H30N2O3. The fourth-order valence-corrected chi connectivity index (χ4v) is 3.56. The van der Waals surface area contributed by atoms with Gasteiger partial charge in [-0.15, -0.1) is 0 Å². The molecule has 162 valence electrons. The van der Waals surface area contributed by atoms with Crippen LogP contribution in [0.15, 0.2) is 66.7 Å². The minimum atomic E-state index is -0.861. The van der Waals surface area contributed by atoms with Gasteiger partial charge in [-0.05, 0) is 82.5 Å². The molecule has 0 saturated heterocycles.